The third-order valence-electron chi connectivity index (χ3n) is 4.24. The summed E-state index contributed by atoms with van der Waals surface area (Å²) in [5.74, 6) is -0.862. The van der Waals surface area contributed by atoms with Gasteiger partial charge in [0.25, 0.3) is 5.91 Å². The van der Waals surface area contributed by atoms with Crippen LogP contribution in [0.3, 0.4) is 0 Å². The highest BCUT2D eigenvalue weighted by Gasteiger charge is 2.36. The number of carbonyl (C=O) groups excluding carboxylic acids is 1. The lowest BCUT2D eigenvalue weighted by Crippen LogP contribution is -2.35. The van der Waals surface area contributed by atoms with Crippen LogP contribution in [0.25, 0.3) is 6.08 Å². The first-order valence-electron chi connectivity index (χ1n) is 9.42. The van der Waals surface area contributed by atoms with Crippen molar-refractivity contribution in [1.82, 2.24) is 9.99 Å². The molecule has 170 valence electrons. The molecule has 1 N–H and O–H groups in total. The highest BCUT2D eigenvalue weighted by atomic mass is 35.5. The first-order valence-corrected chi connectivity index (χ1v) is 12.4. The van der Waals surface area contributed by atoms with Gasteiger partial charge in [0.1, 0.15) is 5.04 Å². The summed E-state index contributed by atoms with van der Waals surface area (Å²) in [4.78, 5) is 20.8. The summed E-state index contributed by atoms with van der Waals surface area (Å²) >= 11 is 7.40. The molecule has 0 unspecified atom stereocenters. The summed E-state index contributed by atoms with van der Waals surface area (Å²) in [6.07, 6.45) is 5.56. The number of carbonyl (C=O) groups is 1. The number of amides is 1. The molecule has 33 heavy (non-hydrogen) atoms. The molecule has 0 fully saturated rings. The van der Waals surface area contributed by atoms with Crippen molar-refractivity contribution in [1.29, 1.82) is 5.41 Å². The summed E-state index contributed by atoms with van der Waals surface area (Å²) in [5.41, 5.74) is 1.10. The molecule has 2 aliphatic heterocycles. The van der Waals surface area contributed by atoms with E-state index >= 15 is 0 Å². The lowest BCUT2D eigenvalue weighted by atomic mass is 10.1. The van der Waals surface area contributed by atoms with Crippen molar-refractivity contribution in [2.45, 2.75) is 6.92 Å². The number of aromatic nitrogens is 1. The van der Waals surface area contributed by atoms with Crippen molar-refractivity contribution in [2.75, 3.05) is 12.9 Å². The molecule has 0 aliphatic carbocycles. The highest BCUT2D eigenvalue weighted by molar-refractivity contribution is 8.27. The van der Waals surface area contributed by atoms with Crippen LogP contribution in [0.4, 0.5) is 0 Å². The maximum absolute atomic E-state index is 12.7. The van der Waals surface area contributed by atoms with Crippen molar-refractivity contribution in [3.8, 4) is 11.5 Å². The Morgan fingerprint density at radius 1 is 1.33 bits per heavy atom. The molecule has 0 bridgehead atoms. The number of halogens is 1. The minimum atomic E-state index is -3.85. The minimum Gasteiger partial charge on any atom is -0.490 e. The molecule has 0 spiro atoms. The number of rotatable bonds is 6. The van der Waals surface area contributed by atoms with Crippen molar-refractivity contribution in [3.05, 3.63) is 58.4 Å². The molecule has 1 aromatic heterocycles. The monoisotopic (exact) mass is 505 g/mol. The number of pyridine rings is 1. The fourth-order valence-electron chi connectivity index (χ4n) is 2.93. The van der Waals surface area contributed by atoms with Crippen LogP contribution < -0.4 is 8.92 Å². The summed E-state index contributed by atoms with van der Waals surface area (Å²) in [6.45, 7) is 1.93. The van der Waals surface area contributed by atoms with Crippen molar-refractivity contribution in [2.24, 2.45) is 10.1 Å². The second-order valence-electron chi connectivity index (χ2n) is 6.72. The predicted octanol–water partition coefficient (Wildman–Crippen LogP) is 3.14. The van der Waals surface area contributed by atoms with E-state index in [9.17, 15) is 13.2 Å². The molecule has 0 radical (unpaired) electrons. The van der Waals surface area contributed by atoms with Gasteiger partial charge < -0.3 is 8.92 Å². The number of ether oxygens (including phenoxy) is 1. The van der Waals surface area contributed by atoms with Gasteiger partial charge in [0.2, 0.25) is 10.9 Å². The van der Waals surface area contributed by atoms with E-state index in [0.29, 0.717) is 10.6 Å². The number of aliphatic imine (C=N–C) groups is 1. The van der Waals surface area contributed by atoms with Gasteiger partial charge in [0, 0.05) is 18.0 Å². The quantitative estimate of drug-likeness (QED) is 0.467. The zero-order chi connectivity index (χ0) is 23.8. The molecule has 0 atom stereocenters. The number of fused-ring (bicyclic) bond motifs is 1. The topological polar surface area (TPSA) is 134 Å². The molecule has 1 aromatic carbocycles. The predicted molar refractivity (Wildman–Crippen MR) is 126 cm³/mol. The van der Waals surface area contributed by atoms with E-state index in [4.69, 9.17) is 25.9 Å². The number of nitrogens with one attached hydrogen (secondary N) is 1. The number of benzene rings is 1. The third kappa shape index (κ3) is 4.92. The highest BCUT2D eigenvalue weighted by Crippen LogP contribution is 2.38. The average molecular weight is 506 g/mol. The van der Waals surface area contributed by atoms with E-state index in [1.54, 1.807) is 25.4 Å². The zero-order valence-electron chi connectivity index (χ0n) is 17.3. The van der Waals surface area contributed by atoms with Crippen LogP contribution in [0.15, 0.2) is 52.3 Å². The minimum absolute atomic E-state index is 0.0224. The molecule has 10 nitrogen and oxygen atoms in total. The van der Waals surface area contributed by atoms with E-state index in [2.05, 4.69) is 15.1 Å². The van der Waals surface area contributed by atoms with Crippen LogP contribution in [0, 0.1) is 5.41 Å². The van der Waals surface area contributed by atoms with Crippen LogP contribution in [0.5, 0.6) is 11.5 Å². The molecule has 2 aliphatic rings. The maximum atomic E-state index is 12.7. The number of thioether (sulfide) groups is 1. The Balaban J connectivity index is 1.71. The van der Waals surface area contributed by atoms with E-state index < -0.39 is 16.0 Å². The fourth-order valence-corrected chi connectivity index (χ4v) is 4.59. The van der Waals surface area contributed by atoms with Gasteiger partial charge in [0.15, 0.2) is 11.6 Å². The Labute approximate surface area is 198 Å². The van der Waals surface area contributed by atoms with Gasteiger partial charge in [0.05, 0.1) is 23.5 Å². The van der Waals surface area contributed by atoms with Gasteiger partial charge in [-0.3, -0.25) is 15.2 Å². The Hall–Kier alpha value is -3.22. The fraction of sp³-hybridized carbons (Fsp3) is 0.150. The molecular formula is C20H16ClN5O5S2. The van der Waals surface area contributed by atoms with Gasteiger partial charge >= 0.3 is 10.1 Å². The lowest BCUT2D eigenvalue weighted by molar-refractivity contribution is -0.114. The average Bonchev–Trinajstić information content (AvgIpc) is 3.18. The first kappa shape index (κ1) is 23.0. The summed E-state index contributed by atoms with van der Waals surface area (Å²) in [7, 11) is -3.85. The SMILES string of the molecule is CCOc1cc(/C=C2\C(=N)N3N=C(c4cccnc4)SC3=NC2=O)cc(Cl)c1OS(C)(=O)=O. The number of amidine groups is 2. The van der Waals surface area contributed by atoms with Gasteiger partial charge in [-0.25, -0.2) is 0 Å². The van der Waals surface area contributed by atoms with Crippen molar-refractivity contribution in [3.63, 3.8) is 0 Å². The van der Waals surface area contributed by atoms with E-state index in [1.807, 2.05) is 6.07 Å². The van der Waals surface area contributed by atoms with Crippen LogP contribution in [0.1, 0.15) is 18.1 Å². The number of hydrogen-bond donors (Lipinski definition) is 1. The molecule has 2 aromatic rings. The van der Waals surface area contributed by atoms with Crippen molar-refractivity contribution < 1.29 is 22.1 Å². The Kier molecular flexibility index (Phi) is 6.23. The van der Waals surface area contributed by atoms with Gasteiger partial charge in [-0.15, -0.1) is 0 Å². The van der Waals surface area contributed by atoms with Crippen LogP contribution in [-0.4, -0.2) is 53.2 Å². The van der Waals surface area contributed by atoms with Gasteiger partial charge in [-0.1, -0.05) is 11.6 Å². The summed E-state index contributed by atoms with van der Waals surface area (Å²) < 4.78 is 33.6. The van der Waals surface area contributed by atoms with E-state index in [-0.39, 0.29) is 39.7 Å². The summed E-state index contributed by atoms with van der Waals surface area (Å²) in [6, 6.07) is 6.44. The first-order chi connectivity index (χ1) is 15.7. The molecule has 0 saturated carbocycles. The maximum Gasteiger partial charge on any atom is 0.306 e. The third-order valence-corrected chi connectivity index (χ3v) is 5.95. The smallest absolute Gasteiger partial charge is 0.306 e. The lowest BCUT2D eigenvalue weighted by Gasteiger charge is -2.20. The van der Waals surface area contributed by atoms with Crippen LogP contribution in [-0.2, 0) is 14.9 Å². The molecular weight excluding hydrogens is 490 g/mol. The van der Waals surface area contributed by atoms with Gasteiger partial charge in [-0.2, -0.15) is 23.5 Å². The molecule has 1 amide bonds. The number of nitrogens with zero attached hydrogens (tertiary/aromatic N) is 4. The second-order valence-corrected chi connectivity index (χ2v) is 9.66. The van der Waals surface area contributed by atoms with Crippen LogP contribution >= 0.6 is 23.4 Å². The van der Waals surface area contributed by atoms with E-state index in [1.165, 1.54) is 23.2 Å². The number of hydrogen-bond acceptors (Lipinski definition) is 9. The zero-order valence-corrected chi connectivity index (χ0v) is 19.7. The molecule has 3 heterocycles. The standard InChI is InChI=1S/C20H16ClN5O5S2/c1-3-30-15-9-11(8-14(21)16(15)31-33(2,28)29)7-13-17(22)26-20(24-18(13)27)32-19(25-26)12-5-4-6-23-10-12/h4-10,22H,3H2,1-2H3/b13-7+,22-17?. The molecule has 4 rings (SSSR count). The van der Waals surface area contributed by atoms with Crippen LogP contribution in [0.2, 0.25) is 5.02 Å². The van der Waals surface area contributed by atoms with Crippen molar-refractivity contribution >= 4 is 61.5 Å². The normalized spacial score (nSPS) is 17.1. The second kappa shape index (κ2) is 8.96. The Morgan fingerprint density at radius 2 is 2.12 bits per heavy atom. The molecule has 0 saturated heterocycles. The van der Waals surface area contributed by atoms with E-state index in [0.717, 1.165) is 23.6 Å². The summed E-state index contributed by atoms with van der Waals surface area (Å²) in [5, 5.41) is 15.0. The largest absolute Gasteiger partial charge is 0.490 e. The molecule has 13 heteroatoms. The Bertz CT molecular complexity index is 1360. The van der Waals surface area contributed by atoms with Gasteiger partial charge in [-0.05, 0) is 54.6 Å². The number of hydrazone groups is 1. The Morgan fingerprint density at radius 3 is 2.79 bits per heavy atom.